The van der Waals surface area contributed by atoms with Crippen molar-refractivity contribution in [2.45, 2.75) is 25.4 Å². The van der Waals surface area contributed by atoms with Crippen LogP contribution in [0.15, 0.2) is 36.4 Å². The summed E-state index contributed by atoms with van der Waals surface area (Å²) in [5.41, 5.74) is -2.55. The van der Waals surface area contributed by atoms with Crippen LogP contribution in [0.1, 0.15) is 32.6 Å². The van der Waals surface area contributed by atoms with Crippen LogP contribution in [0.25, 0.3) is 0 Å². The first kappa shape index (κ1) is 19.4. The number of ketones is 1. The maximum absolute atomic E-state index is 13.2. The van der Waals surface area contributed by atoms with Crippen LogP contribution in [0.3, 0.4) is 0 Å². The van der Waals surface area contributed by atoms with Gasteiger partial charge >= 0.3 is 19.5 Å². The molecule has 0 aromatic heterocycles. The van der Waals surface area contributed by atoms with Gasteiger partial charge in [0.25, 0.3) is 0 Å². The average Bonchev–Trinajstić information content (AvgIpc) is 2.93. The SMILES string of the molecule is O=C(Cc1ccc2c(c1)B(O)OC2)c1ccc(C(F)(F)F)cc1C(F)(F)F. The molecule has 2 aromatic carbocycles. The van der Waals surface area contributed by atoms with Gasteiger partial charge in [-0.3, -0.25) is 4.79 Å². The zero-order chi connectivity index (χ0) is 20.0. The van der Waals surface area contributed by atoms with E-state index in [9.17, 15) is 36.2 Å². The highest BCUT2D eigenvalue weighted by Crippen LogP contribution is 2.37. The summed E-state index contributed by atoms with van der Waals surface area (Å²) >= 11 is 0. The number of benzene rings is 2. The Morgan fingerprint density at radius 2 is 1.74 bits per heavy atom. The molecule has 0 saturated carbocycles. The molecule has 0 amide bonds. The van der Waals surface area contributed by atoms with E-state index in [1.54, 1.807) is 6.07 Å². The summed E-state index contributed by atoms with van der Waals surface area (Å²) < 4.78 is 82.7. The average molecular weight is 388 g/mol. The fourth-order valence-electron chi connectivity index (χ4n) is 2.85. The molecule has 0 saturated heterocycles. The Morgan fingerprint density at radius 1 is 1.04 bits per heavy atom. The van der Waals surface area contributed by atoms with Gasteiger partial charge in [0.1, 0.15) is 0 Å². The molecule has 0 atom stereocenters. The standard InChI is InChI=1S/C17H11BF6O3/c19-16(20,21)11-3-4-12(13(7-11)17(22,23)24)15(25)6-9-1-2-10-8-27-18(26)14(10)5-9/h1-5,7,26H,6,8H2. The van der Waals surface area contributed by atoms with Gasteiger partial charge < -0.3 is 9.68 Å². The van der Waals surface area contributed by atoms with E-state index in [-0.39, 0.29) is 12.7 Å². The highest BCUT2D eigenvalue weighted by Gasteiger charge is 2.39. The summed E-state index contributed by atoms with van der Waals surface area (Å²) in [5.74, 6) is -0.982. The molecule has 0 fully saturated rings. The fourth-order valence-corrected chi connectivity index (χ4v) is 2.85. The van der Waals surface area contributed by atoms with Crippen molar-refractivity contribution in [2.75, 3.05) is 0 Å². The van der Waals surface area contributed by atoms with Crippen molar-refractivity contribution in [1.29, 1.82) is 0 Å². The van der Waals surface area contributed by atoms with Gasteiger partial charge in [-0.2, -0.15) is 26.3 Å². The fraction of sp³-hybridized carbons (Fsp3) is 0.235. The minimum absolute atomic E-state index is 0.0620. The molecule has 1 aliphatic heterocycles. The third-order valence-electron chi connectivity index (χ3n) is 4.19. The summed E-state index contributed by atoms with van der Waals surface area (Å²) in [4.78, 5) is 12.3. The highest BCUT2D eigenvalue weighted by atomic mass is 19.4. The summed E-state index contributed by atoms with van der Waals surface area (Å²) in [6, 6.07) is 5.43. The number of alkyl halides is 6. The maximum Gasteiger partial charge on any atom is 0.491 e. The lowest BCUT2D eigenvalue weighted by atomic mass is 9.78. The molecule has 2 aromatic rings. The van der Waals surface area contributed by atoms with Crippen molar-refractivity contribution >= 4 is 18.4 Å². The molecule has 0 spiro atoms. The van der Waals surface area contributed by atoms with Crippen LogP contribution in [0.2, 0.25) is 0 Å². The lowest BCUT2D eigenvalue weighted by Crippen LogP contribution is -2.28. The number of carbonyl (C=O) groups is 1. The van der Waals surface area contributed by atoms with Gasteiger partial charge in [-0.25, -0.2) is 0 Å². The number of carbonyl (C=O) groups excluding carboxylic acids is 1. The Hall–Kier alpha value is -2.33. The molecule has 0 bridgehead atoms. The van der Waals surface area contributed by atoms with E-state index in [1.807, 2.05) is 0 Å². The molecule has 1 aliphatic rings. The number of Topliss-reactive ketones (excluding diaryl/α,β-unsaturated/α-hetero) is 1. The zero-order valence-electron chi connectivity index (χ0n) is 13.5. The Morgan fingerprint density at radius 3 is 2.37 bits per heavy atom. The Kier molecular flexibility index (Phi) is 4.81. The zero-order valence-corrected chi connectivity index (χ0v) is 13.5. The molecule has 0 radical (unpaired) electrons. The van der Waals surface area contributed by atoms with Crippen molar-refractivity contribution in [3.8, 4) is 0 Å². The van der Waals surface area contributed by atoms with Crippen LogP contribution in [-0.2, 0) is 30.0 Å². The first-order valence-corrected chi connectivity index (χ1v) is 7.70. The Balaban J connectivity index is 1.94. The van der Waals surface area contributed by atoms with Crippen LogP contribution < -0.4 is 5.46 Å². The lowest BCUT2D eigenvalue weighted by Gasteiger charge is -2.15. The van der Waals surface area contributed by atoms with Crippen molar-refractivity contribution in [1.82, 2.24) is 0 Å². The van der Waals surface area contributed by atoms with Crippen LogP contribution >= 0.6 is 0 Å². The van der Waals surface area contributed by atoms with Gasteiger partial charge in [0.2, 0.25) is 0 Å². The first-order valence-electron chi connectivity index (χ1n) is 7.70. The van der Waals surface area contributed by atoms with E-state index >= 15 is 0 Å². The number of fused-ring (bicyclic) bond motifs is 1. The summed E-state index contributed by atoms with van der Waals surface area (Å²) in [6.45, 7) is 0.169. The molecule has 0 aliphatic carbocycles. The van der Waals surface area contributed by atoms with Crippen molar-refractivity contribution in [2.24, 2.45) is 0 Å². The second-order valence-electron chi connectivity index (χ2n) is 6.05. The van der Waals surface area contributed by atoms with Crippen molar-refractivity contribution in [3.63, 3.8) is 0 Å². The number of halogens is 6. The van der Waals surface area contributed by atoms with Crippen LogP contribution in [-0.4, -0.2) is 17.9 Å². The van der Waals surface area contributed by atoms with Gasteiger partial charge in [0, 0.05) is 12.0 Å². The van der Waals surface area contributed by atoms with E-state index in [4.69, 9.17) is 4.65 Å². The van der Waals surface area contributed by atoms with Gasteiger partial charge in [-0.1, -0.05) is 24.3 Å². The smallest absolute Gasteiger partial charge is 0.423 e. The van der Waals surface area contributed by atoms with Gasteiger partial charge in [0.15, 0.2) is 5.78 Å². The molecule has 142 valence electrons. The summed E-state index contributed by atoms with van der Waals surface area (Å²) in [7, 11) is -1.19. The van der Waals surface area contributed by atoms with Gasteiger partial charge in [-0.15, -0.1) is 0 Å². The first-order chi connectivity index (χ1) is 12.5. The molecule has 3 nitrogen and oxygen atoms in total. The quantitative estimate of drug-likeness (QED) is 0.499. The highest BCUT2D eigenvalue weighted by molar-refractivity contribution is 6.61. The molecular weight excluding hydrogens is 377 g/mol. The van der Waals surface area contributed by atoms with Crippen molar-refractivity contribution < 1.29 is 40.8 Å². The monoisotopic (exact) mass is 388 g/mol. The normalized spacial score (nSPS) is 14.4. The molecule has 1 heterocycles. The minimum Gasteiger partial charge on any atom is -0.423 e. The number of hydrogen-bond acceptors (Lipinski definition) is 3. The maximum atomic E-state index is 13.2. The third-order valence-corrected chi connectivity index (χ3v) is 4.19. The van der Waals surface area contributed by atoms with Crippen molar-refractivity contribution in [3.05, 3.63) is 64.2 Å². The molecule has 3 rings (SSSR count). The largest absolute Gasteiger partial charge is 0.491 e. The second kappa shape index (κ2) is 6.68. The molecule has 1 N–H and O–H groups in total. The molecule has 0 unspecified atom stereocenters. The van der Waals surface area contributed by atoms with Gasteiger partial charge in [-0.05, 0) is 28.7 Å². The molecular formula is C17H11BF6O3. The third kappa shape index (κ3) is 4.01. The van der Waals surface area contributed by atoms with E-state index in [2.05, 4.69) is 0 Å². The van der Waals surface area contributed by atoms with Crippen LogP contribution in [0.5, 0.6) is 0 Å². The van der Waals surface area contributed by atoms with Gasteiger partial charge in [0.05, 0.1) is 17.7 Å². The number of hydrogen-bond donors (Lipinski definition) is 1. The summed E-state index contributed by atoms with van der Waals surface area (Å²) in [6.07, 6.45) is -10.5. The van der Waals surface area contributed by atoms with E-state index in [0.717, 1.165) is 0 Å². The predicted octanol–water partition coefficient (Wildman–Crippen LogP) is 3.37. The van der Waals surface area contributed by atoms with Crippen LogP contribution in [0.4, 0.5) is 26.3 Å². The number of rotatable bonds is 3. The summed E-state index contributed by atoms with van der Waals surface area (Å²) in [5, 5.41) is 9.65. The van der Waals surface area contributed by atoms with E-state index in [0.29, 0.717) is 28.7 Å². The van der Waals surface area contributed by atoms with E-state index < -0.39 is 48.4 Å². The van der Waals surface area contributed by atoms with E-state index in [1.165, 1.54) is 12.1 Å². The second-order valence-corrected chi connectivity index (χ2v) is 6.05. The Bertz CT molecular complexity index is 891. The predicted molar refractivity (Wildman–Crippen MR) is 83.3 cm³/mol. The van der Waals surface area contributed by atoms with Crippen LogP contribution in [0, 0.1) is 0 Å². The Labute approximate surface area is 149 Å². The topological polar surface area (TPSA) is 46.5 Å². The minimum atomic E-state index is -5.12. The molecule has 27 heavy (non-hydrogen) atoms. The lowest BCUT2D eigenvalue weighted by molar-refractivity contribution is -0.143. The molecule has 10 heteroatoms.